The van der Waals surface area contributed by atoms with Crippen molar-refractivity contribution in [3.63, 3.8) is 0 Å². The lowest BCUT2D eigenvalue weighted by atomic mass is 9.93. The number of nitrogens with zero attached hydrogens (tertiary/aromatic N) is 4. The molecule has 198 valence electrons. The van der Waals surface area contributed by atoms with Gasteiger partial charge in [-0.1, -0.05) is 36.4 Å². The highest BCUT2D eigenvalue weighted by Crippen LogP contribution is 2.45. The molecule has 3 aromatic rings. The molecular weight excluding hydrogens is 484 g/mol. The molecule has 1 aromatic carbocycles. The maximum atomic E-state index is 9.85. The van der Waals surface area contributed by atoms with E-state index in [1.807, 2.05) is 43.6 Å². The van der Waals surface area contributed by atoms with Gasteiger partial charge >= 0.3 is 0 Å². The van der Waals surface area contributed by atoms with Crippen molar-refractivity contribution in [1.82, 2.24) is 14.3 Å². The molecule has 1 N–H and O–H groups in total. The van der Waals surface area contributed by atoms with E-state index in [0.29, 0.717) is 24.6 Å². The van der Waals surface area contributed by atoms with Gasteiger partial charge < -0.3 is 14.7 Å². The summed E-state index contributed by atoms with van der Waals surface area (Å²) in [5.74, 6) is 1.16. The molecule has 39 heavy (non-hydrogen) atoms. The minimum absolute atomic E-state index is 0.323. The smallest absolute Gasteiger partial charge is 0.199 e. The van der Waals surface area contributed by atoms with Gasteiger partial charge in [0, 0.05) is 43.0 Å². The molecule has 1 aliphatic heterocycles. The molecule has 0 spiro atoms. The zero-order valence-corrected chi connectivity index (χ0v) is 22.6. The number of benzene rings is 1. The Kier molecular flexibility index (Phi) is 6.95. The summed E-state index contributed by atoms with van der Waals surface area (Å²) in [6.07, 6.45) is 15.5. The molecule has 6 nitrogen and oxygen atoms in total. The standard InChI is InChI=1S/C33H34N4O2/c1-22-5-3-7-27(15-28-16-29(22)28)32-30(26-10-8-24(18-34)9-11-26)17-31(37-14-12-35-33(32)37)39-21-25-6-4-13-36(20-25)19-23(2)38/h3,5,7-12,14-15,17,23,25,38H,4,6,13,16,19-21H2,1-2H3/b5-3?,7-3?,22-5?,27-7+,27-15?,28-15-,29-22?/t23-,25?/m1/s1. The van der Waals surface area contributed by atoms with E-state index in [9.17, 15) is 10.4 Å². The zero-order chi connectivity index (χ0) is 26.9. The van der Waals surface area contributed by atoms with Crippen LogP contribution in [0.15, 0.2) is 83.7 Å². The average Bonchev–Trinajstić information content (AvgIpc) is 3.51. The Morgan fingerprint density at radius 1 is 1.26 bits per heavy atom. The number of likely N-dealkylation sites (tertiary alicyclic amines) is 1. The fourth-order valence-corrected chi connectivity index (χ4v) is 5.89. The first kappa shape index (κ1) is 25.4. The topological polar surface area (TPSA) is 73.8 Å². The number of fused-ring (bicyclic) bond motifs is 2. The summed E-state index contributed by atoms with van der Waals surface area (Å²) in [5, 5.41) is 19.2. The van der Waals surface area contributed by atoms with Crippen LogP contribution in [-0.4, -0.2) is 51.7 Å². The van der Waals surface area contributed by atoms with E-state index in [-0.39, 0.29) is 6.10 Å². The van der Waals surface area contributed by atoms with Crippen molar-refractivity contribution in [3.05, 3.63) is 94.9 Å². The number of hydrogen-bond donors (Lipinski definition) is 1. The third-order valence-corrected chi connectivity index (χ3v) is 7.90. The third kappa shape index (κ3) is 5.34. The Hall–Kier alpha value is -3.92. The van der Waals surface area contributed by atoms with Crippen molar-refractivity contribution in [2.45, 2.75) is 39.2 Å². The van der Waals surface area contributed by atoms with Crippen molar-refractivity contribution >= 4 is 11.2 Å². The molecule has 2 atom stereocenters. The van der Waals surface area contributed by atoms with Crippen molar-refractivity contribution in [2.75, 3.05) is 26.2 Å². The summed E-state index contributed by atoms with van der Waals surface area (Å²) in [4.78, 5) is 7.15. The van der Waals surface area contributed by atoms with Crippen LogP contribution in [0.4, 0.5) is 0 Å². The molecule has 0 radical (unpaired) electrons. The lowest BCUT2D eigenvalue weighted by Crippen LogP contribution is -2.41. The monoisotopic (exact) mass is 518 g/mol. The summed E-state index contributed by atoms with van der Waals surface area (Å²) in [5.41, 5.74) is 9.84. The van der Waals surface area contributed by atoms with E-state index < -0.39 is 0 Å². The molecule has 2 fully saturated rings. The number of aliphatic hydroxyl groups excluding tert-OH is 1. The van der Waals surface area contributed by atoms with Crippen LogP contribution in [0.3, 0.4) is 0 Å². The van der Waals surface area contributed by atoms with Gasteiger partial charge in [0.1, 0.15) is 5.65 Å². The second-order valence-corrected chi connectivity index (χ2v) is 11.0. The molecule has 1 saturated heterocycles. The molecule has 0 bridgehead atoms. The lowest BCUT2D eigenvalue weighted by molar-refractivity contribution is 0.0787. The Labute approximate surface area is 229 Å². The number of pyridine rings is 1. The van der Waals surface area contributed by atoms with E-state index in [1.54, 1.807) is 0 Å². The molecule has 2 aliphatic carbocycles. The Morgan fingerprint density at radius 3 is 2.90 bits per heavy atom. The van der Waals surface area contributed by atoms with Gasteiger partial charge in [-0.3, -0.25) is 4.40 Å². The van der Waals surface area contributed by atoms with Crippen LogP contribution in [0.25, 0.3) is 22.3 Å². The van der Waals surface area contributed by atoms with E-state index in [1.165, 1.54) is 16.7 Å². The number of piperidine rings is 1. The number of rotatable bonds is 7. The quantitative estimate of drug-likeness (QED) is 0.419. The number of ether oxygens (including phenoxy) is 1. The first-order chi connectivity index (χ1) is 19.0. The maximum Gasteiger partial charge on any atom is 0.199 e. The van der Waals surface area contributed by atoms with Gasteiger partial charge in [0.15, 0.2) is 5.88 Å². The molecule has 3 aliphatic rings. The van der Waals surface area contributed by atoms with Gasteiger partial charge in [-0.25, -0.2) is 4.98 Å². The SMILES string of the molecule is CC1=C2C/C2=C/C(c2c(-c3ccc(C#N)cc3)cc(OCC3CCCN(C[C@@H](C)O)C3)n3ccnc23)=C\C=C1. The Balaban J connectivity index is 1.39. The normalized spacial score (nSPS) is 22.7. The summed E-state index contributed by atoms with van der Waals surface area (Å²) in [6.45, 7) is 7.29. The van der Waals surface area contributed by atoms with Gasteiger partial charge in [0.05, 0.1) is 24.3 Å². The lowest BCUT2D eigenvalue weighted by Gasteiger charge is -2.33. The van der Waals surface area contributed by atoms with Crippen molar-refractivity contribution < 1.29 is 9.84 Å². The Morgan fingerprint density at radius 2 is 2.10 bits per heavy atom. The highest BCUT2D eigenvalue weighted by molar-refractivity contribution is 5.94. The second-order valence-electron chi connectivity index (χ2n) is 11.0. The minimum atomic E-state index is -0.323. The number of hydrogen-bond acceptors (Lipinski definition) is 5. The zero-order valence-electron chi connectivity index (χ0n) is 22.6. The molecular formula is C33H34N4O2. The van der Waals surface area contributed by atoms with Gasteiger partial charge in [-0.05, 0) is 85.2 Å². The van der Waals surface area contributed by atoms with E-state index >= 15 is 0 Å². The summed E-state index contributed by atoms with van der Waals surface area (Å²) >= 11 is 0. The first-order valence-electron chi connectivity index (χ1n) is 13.8. The van der Waals surface area contributed by atoms with Crippen LogP contribution in [0.2, 0.25) is 0 Å². The first-order valence-corrected chi connectivity index (χ1v) is 13.8. The molecule has 1 saturated carbocycles. The van der Waals surface area contributed by atoms with E-state index in [4.69, 9.17) is 9.72 Å². The molecule has 3 heterocycles. The molecule has 6 heteroatoms. The second kappa shape index (κ2) is 10.7. The van der Waals surface area contributed by atoms with Crippen LogP contribution in [0.1, 0.15) is 44.2 Å². The predicted molar refractivity (Wildman–Crippen MR) is 154 cm³/mol. The van der Waals surface area contributed by atoms with Crippen molar-refractivity contribution in [2.24, 2.45) is 5.92 Å². The van der Waals surface area contributed by atoms with E-state index in [0.717, 1.165) is 66.1 Å². The van der Waals surface area contributed by atoms with Crippen LogP contribution < -0.4 is 4.74 Å². The van der Waals surface area contributed by atoms with Gasteiger partial charge in [0.2, 0.25) is 0 Å². The predicted octanol–water partition coefficient (Wildman–Crippen LogP) is 5.94. The number of nitriles is 1. The van der Waals surface area contributed by atoms with Crippen LogP contribution in [-0.2, 0) is 0 Å². The largest absolute Gasteiger partial charge is 0.478 e. The fraction of sp³-hybridized carbons (Fsp3) is 0.333. The maximum absolute atomic E-state index is 9.85. The van der Waals surface area contributed by atoms with Crippen molar-refractivity contribution in [1.29, 1.82) is 5.26 Å². The Bertz CT molecular complexity index is 1560. The molecule has 1 unspecified atom stereocenters. The minimum Gasteiger partial charge on any atom is -0.478 e. The highest BCUT2D eigenvalue weighted by Gasteiger charge is 2.27. The average molecular weight is 519 g/mol. The third-order valence-electron chi connectivity index (χ3n) is 7.90. The molecule has 0 amide bonds. The summed E-state index contributed by atoms with van der Waals surface area (Å²) in [6, 6.07) is 12.1. The molecule has 6 rings (SSSR count). The number of aliphatic hydroxyl groups is 1. The number of aromatic nitrogens is 2. The van der Waals surface area contributed by atoms with Gasteiger partial charge in [-0.2, -0.15) is 5.26 Å². The van der Waals surface area contributed by atoms with Crippen LogP contribution >= 0.6 is 0 Å². The highest BCUT2D eigenvalue weighted by atomic mass is 16.5. The van der Waals surface area contributed by atoms with Gasteiger partial charge in [0.25, 0.3) is 0 Å². The fourth-order valence-electron chi connectivity index (χ4n) is 5.89. The van der Waals surface area contributed by atoms with Crippen LogP contribution in [0.5, 0.6) is 5.88 Å². The van der Waals surface area contributed by atoms with Crippen LogP contribution in [0, 0.1) is 17.2 Å². The number of allylic oxidation sites excluding steroid dienone is 8. The molecule has 2 aromatic heterocycles. The number of imidazole rings is 1. The number of β-amino-alcohol motifs (C(OH)–C–C–N with tert-alkyl or cyclic N) is 1. The summed E-state index contributed by atoms with van der Waals surface area (Å²) < 4.78 is 8.58. The summed E-state index contributed by atoms with van der Waals surface area (Å²) in [7, 11) is 0. The van der Waals surface area contributed by atoms with E-state index in [2.05, 4.69) is 52.7 Å². The van der Waals surface area contributed by atoms with Crippen molar-refractivity contribution in [3.8, 4) is 23.1 Å². The van der Waals surface area contributed by atoms with Gasteiger partial charge in [-0.15, -0.1) is 0 Å².